The first-order valence-corrected chi connectivity index (χ1v) is 19.7. The standard InChI is InChI=1S/C39H60O17/c1-5-6-7-8-18-12-21(26-19-11-17(2)9-10-20(19)39(3,4)56-22(26)13-18)50-38-35(55-37-33(49)31(47)28(44)24(15-41)52-37)34(29(45)25(16-42)53-38)54-36-32(48)30(46)27(43)23(14-40)51-36/h11-13,19-20,23-25,27-38,40-49H,5-10,14-16H2,1-4H3/t19-,20-,23-,24-,25-,27-,28-,29-,30+,31+,32-,33-,34+,35-,36+,37+,38-/m1/s1. The minimum absolute atomic E-state index is 0.0645. The Morgan fingerprint density at radius 2 is 1.25 bits per heavy atom. The lowest BCUT2D eigenvalue weighted by Crippen LogP contribution is -2.67. The first-order valence-electron chi connectivity index (χ1n) is 19.7. The van der Waals surface area contributed by atoms with Gasteiger partial charge in [-0.05, 0) is 64.2 Å². The highest BCUT2D eigenvalue weighted by atomic mass is 16.8. The number of benzene rings is 1. The zero-order valence-corrected chi connectivity index (χ0v) is 32.2. The predicted molar refractivity (Wildman–Crippen MR) is 193 cm³/mol. The Morgan fingerprint density at radius 1 is 0.696 bits per heavy atom. The Balaban J connectivity index is 1.44. The van der Waals surface area contributed by atoms with Crippen LogP contribution in [0.1, 0.15) is 76.8 Å². The number of aliphatic hydroxyl groups is 10. The Hall–Kier alpha value is -2.04. The number of allylic oxidation sites excluding steroid dienone is 2. The summed E-state index contributed by atoms with van der Waals surface area (Å²) in [5.41, 5.74) is 2.32. The Morgan fingerprint density at radius 3 is 1.82 bits per heavy atom. The van der Waals surface area contributed by atoms with Gasteiger partial charge in [0.25, 0.3) is 0 Å². The second-order valence-corrected chi connectivity index (χ2v) is 16.3. The van der Waals surface area contributed by atoms with E-state index in [1.807, 2.05) is 12.1 Å². The van der Waals surface area contributed by atoms with Crippen molar-refractivity contribution in [2.45, 2.75) is 170 Å². The first kappa shape index (κ1) is 43.5. The van der Waals surface area contributed by atoms with Crippen LogP contribution in [-0.2, 0) is 30.1 Å². The molecule has 4 aliphatic heterocycles. The number of hydrogen-bond acceptors (Lipinski definition) is 17. The molecule has 1 aromatic carbocycles. The number of rotatable bonds is 13. The molecular formula is C39H60O17. The zero-order valence-electron chi connectivity index (χ0n) is 32.2. The molecule has 318 valence electrons. The summed E-state index contributed by atoms with van der Waals surface area (Å²) in [7, 11) is 0. The molecule has 1 aliphatic carbocycles. The van der Waals surface area contributed by atoms with E-state index in [2.05, 4.69) is 33.8 Å². The van der Waals surface area contributed by atoms with E-state index in [9.17, 15) is 51.1 Å². The molecule has 17 heteroatoms. The average molecular weight is 801 g/mol. The lowest BCUT2D eigenvalue weighted by Gasteiger charge is -2.49. The number of fused-ring (bicyclic) bond motifs is 3. The lowest BCUT2D eigenvalue weighted by atomic mass is 9.68. The highest BCUT2D eigenvalue weighted by Gasteiger charge is 2.55. The molecule has 0 aromatic heterocycles. The second-order valence-electron chi connectivity index (χ2n) is 16.3. The maximum absolute atomic E-state index is 11.6. The summed E-state index contributed by atoms with van der Waals surface area (Å²) < 4.78 is 43.3. The van der Waals surface area contributed by atoms with Gasteiger partial charge in [-0.15, -0.1) is 0 Å². The first-order chi connectivity index (χ1) is 26.6. The van der Waals surface area contributed by atoms with Gasteiger partial charge < -0.3 is 84.2 Å². The van der Waals surface area contributed by atoms with Crippen molar-refractivity contribution < 1.29 is 84.2 Å². The molecule has 4 heterocycles. The van der Waals surface area contributed by atoms with Gasteiger partial charge in [-0.3, -0.25) is 0 Å². The largest absolute Gasteiger partial charge is 0.487 e. The molecule has 6 rings (SSSR count). The molecule has 17 atom stereocenters. The molecule has 0 unspecified atom stereocenters. The summed E-state index contributed by atoms with van der Waals surface area (Å²) in [4.78, 5) is 0. The topological polar surface area (TPSA) is 267 Å². The van der Waals surface area contributed by atoms with Crippen molar-refractivity contribution in [1.29, 1.82) is 0 Å². The number of aryl methyl sites for hydroxylation is 1. The van der Waals surface area contributed by atoms with E-state index in [4.69, 9.17) is 33.2 Å². The highest BCUT2D eigenvalue weighted by molar-refractivity contribution is 5.54. The van der Waals surface area contributed by atoms with Crippen LogP contribution in [0.25, 0.3) is 0 Å². The molecule has 0 saturated carbocycles. The van der Waals surface area contributed by atoms with Gasteiger partial charge in [0.1, 0.15) is 84.2 Å². The molecule has 0 spiro atoms. The van der Waals surface area contributed by atoms with Crippen molar-refractivity contribution in [3.63, 3.8) is 0 Å². The smallest absolute Gasteiger partial charge is 0.229 e. The normalized spacial score (nSPS) is 42.2. The van der Waals surface area contributed by atoms with Crippen LogP contribution in [0.15, 0.2) is 23.8 Å². The minimum Gasteiger partial charge on any atom is -0.487 e. The predicted octanol–water partition coefficient (Wildman–Crippen LogP) is -1.14. The summed E-state index contributed by atoms with van der Waals surface area (Å²) in [6.45, 7) is 6.00. The number of unbranched alkanes of at least 4 members (excludes halogenated alkanes) is 2. The van der Waals surface area contributed by atoms with Gasteiger partial charge in [0.2, 0.25) is 6.29 Å². The highest BCUT2D eigenvalue weighted by Crippen LogP contribution is 2.54. The van der Waals surface area contributed by atoms with Crippen LogP contribution in [0.3, 0.4) is 0 Å². The third-order valence-electron chi connectivity index (χ3n) is 11.9. The van der Waals surface area contributed by atoms with E-state index >= 15 is 0 Å². The molecule has 3 fully saturated rings. The van der Waals surface area contributed by atoms with Gasteiger partial charge >= 0.3 is 0 Å². The fraction of sp³-hybridized carbons (Fsp3) is 0.795. The molecule has 1 aromatic rings. The maximum Gasteiger partial charge on any atom is 0.229 e. The fourth-order valence-corrected chi connectivity index (χ4v) is 8.61. The van der Waals surface area contributed by atoms with E-state index < -0.39 is 118 Å². The maximum atomic E-state index is 11.6. The monoisotopic (exact) mass is 800 g/mol. The van der Waals surface area contributed by atoms with Crippen LogP contribution >= 0.6 is 0 Å². The summed E-state index contributed by atoms with van der Waals surface area (Å²) in [6, 6.07) is 3.90. The fourth-order valence-electron chi connectivity index (χ4n) is 8.61. The molecule has 0 amide bonds. The van der Waals surface area contributed by atoms with Crippen molar-refractivity contribution in [3.05, 3.63) is 34.9 Å². The molecule has 56 heavy (non-hydrogen) atoms. The minimum atomic E-state index is -1.91. The molecule has 10 N–H and O–H groups in total. The Labute approximate surface area is 325 Å². The van der Waals surface area contributed by atoms with Crippen molar-refractivity contribution in [1.82, 2.24) is 0 Å². The average Bonchev–Trinajstić information content (AvgIpc) is 3.16. The van der Waals surface area contributed by atoms with Crippen LogP contribution in [-0.4, -0.2) is 169 Å². The van der Waals surface area contributed by atoms with Crippen LogP contribution in [0.2, 0.25) is 0 Å². The van der Waals surface area contributed by atoms with Crippen molar-refractivity contribution in [2.75, 3.05) is 19.8 Å². The molecule has 5 aliphatic rings. The molecule has 3 saturated heterocycles. The second kappa shape index (κ2) is 18.1. The van der Waals surface area contributed by atoms with Crippen LogP contribution in [0, 0.1) is 5.92 Å². The lowest BCUT2D eigenvalue weighted by molar-refractivity contribution is -0.384. The molecular weight excluding hydrogens is 740 g/mol. The Kier molecular flexibility index (Phi) is 14.0. The molecule has 0 radical (unpaired) electrons. The van der Waals surface area contributed by atoms with E-state index in [1.165, 1.54) is 5.57 Å². The summed E-state index contributed by atoms with van der Waals surface area (Å²) in [5, 5.41) is 106. The summed E-state index contributed by atoms with van der Waals surface area (Å²) in [5.74, 6) is 0.879. The zero-order chi connectivity index (χ0) is 40.6. The van der Waals surface area contributed by atoms with Gasteiger partial charge in [-0.1, -0.05) is 31.4 Å². The Bertz CT molecular complexity index is 1490. The van der Waals surface area contributed by atoms with E-state index in [1.54, 1.807) is 0 Å². The summed E-state index contributed by atoms with van der Waals surface area (Å²) >= 11 is 0. The van der Waals surface area contributed by atoms with Crippen LogP contribution < -0.4 is 9.47 Å². The van der Waals surface area contributed by atoms with Crippen molar-refractivity contribution in [3.8, 4) is 11.5 Å². The third kappa shape index (κ3) is 8.64. The SMILES string of the molecule is CCCCCc1cc(O[C@@H]2O[C@H](CO)[C@@H](O)[C@H](O[C@@H]3O[C@H](CO)[C@@H](O)[C@H](O)[C@H]3O)[C@H]2O[C@@H]2O[C@H](CO)[C@@H](O)[C@H](O)[C@H]2O)c2c(c1)OC(C)(C)[C@@H]1CCC(C)=C[C@@H]21. The van der Waals surface area contributed by atoms with Crippen LogP contribution in [0.5, 0.6) is 11.5 Å². The van der Waals surface area contributed by atoms with Gasteiger partial charge in [0.15, 0.2) is 18.7 Å². The number of hydrogen-bond donors (Lipinski definition) is 10. The van der Waals surface area contributed by atoms with Crippen molar-refractivity contribution >= 4 is 0 Å². The van der Waals surface area contributed by atoms with E-state index in [0.29, 0.717) is 17.9 Å². The molecule has 0 bridgehead atoms. The van der Waals surface area contributed by atoms with E-state index in [0.717, 1.165) is 43.2 Å². The quantitative estimate of drug-likeness (QED) is 0.0835. The summed E-state index contributed by atoms with van der Waals surface area (Å²) in [6.07, 6.45) is -17.9. The third-order valence-corrected chi connectivity index (χ3v) is 11.9. The molecule has 17 nitrogen and oxygen atoms in total. The van der Waals surface area contributed by atoms with Crippen LogP contribution in [0.4, 0.5) is 0 Å². The van der Waals surface area contributed by atoms with Gasteiger partial charge in [-0.25, -0.2) is 0 Å². The number of aliphatic hydroxyl groups excluding tert-OH is 10. The van der Waals surface area contributed by atoms with Gasteiger partial charge in [-0.2, -0.15) is 0 Å². The van der Waals surface area contributed by atoms with Gasteiger partial charge in [0.05, 0.1) is 19.8 Å². The van der Waals surface area contributed by atoms with Gasteiger partial charge in [0, 0.05) is 17.4 Å². The van der Waals surface area contributed by atoms with E-state index in [-0.39, 0.29) is 11.8 Å². The number of ether oxygens (including phenoxy) is 7. The van der Waals surface area contributed by atoms with Crippen molar-refractivity contribution in [2.24, 2.45) is 5.92 Å².